The maximum Gasteiger partial charge on any atom is 0.321 e. The first-order chi connectivity index (χ1) is 13.9. The van der Waals surface area contributed by atoms with Crippen LogP contribution in [-0.4, -0.2) is 28.9 Å². The van der Waals surface area contributed by atoms with Crippen LogP contribution in [0.3, 0.4) is 0 Å². The van der Waals surface area contributed by atoms with Crippen molar-refractivity contribution in [3.63, 3.8) is 0 Å². The minimum Gasteiger partial charge on any atom is -0.424 e. The van der Waals surface area contributed by atoms with Crippen molar-refractivity contribution in [3.05, 3.63) is 41.7 Å². The van der Waals surface area contributed by atoms with E-state index < -0.39 is 0 Å². The van der Waals surface area contributed by atoms with Crippen LogP contribution >= 0.6 is 0 Å². The van der Waals surface area contributed by atoms with Crippen molar-refractivity contribution in [3.8, 4) is 11.8 Å². The topological polar surface area (TPSA) is 108 Å². The summed E-state index contributed by atoms with van der Waals surface area (Å²) in [7, 11) is 1.47. The van der Waals surface area contributed by atoms with Gasteiger partial charge in [0.25, 0.3) is 5.91 Å². The third-order valence-electron chi connectivity index (χ3n) is 5.21. The van der Waals surface area contributed by atoms with E-state index >= 15 is 0 Å². The zero-order valence-corrected chi connectivity index (χ0v) is 16.9. The van der Waals surface area contributed by atoms with E-state index in [1.165, 1.54) is 12.2 Å². The Kier molecular flexibility index (Phi) is 6.43. The summed E-state index contributed by atoms with van der Waals surface area (Å²) in [5, 5.41) is 1.30. The number of nitrogens with two attached hydrogens (primary N) is 1. The number of rotatable bonds is 6. The fraction of sp³-hybridized carbons (Fsp3) is 0.429. The minimum absolute atomic E-state index is 0.120. The predicted molar refractivity (Wildman–Crippen MR) is 107 cm³/mol. The first kappa shape index (κ1) is 20.7. The lowest BCUT2D eigenvalue weighted by atomic mass is 9.81. The molecule has 2 amide bonds. The molecule has 1 aliphatic carbocycles. The highest BCUT2D eigenvalue weighted by molar-refractivity contribution is 5.93. The van der Waals surface area contributed by atoms with Crippen LogP contribution < -0.4 is 15.5 Å². The van der Waals surface area contributed by atoms with Crippen LogP contribution in [0.4, 0.5) is 5.69 Å². The number of ether oxygens (including phenoxy) is 1. The fourth-order valence-electron chi connectivity index (χ4n) is 3.52. The van der Waals surface area contributed by atoms with E-state index in [9.17, 15) is 9.59 Å². The number of hydroxylamine groups is 1. The summed E-state index contributed by atoms with van der Waals surface area (Å²) in [5.74, 6) is -0.142. The molecule has 1 aromatic heterocycles. The van der Waals surface area contributed by atoms with E-state index in [1.807, 2.05) is 19.9 Å². The zero-order chi connectivity index (χ0) is 21.0. The molecule has 8 heteroatoms. The van der Waals surface area contributed by atoms with Gasteiger partial charge in [0, 0.05) is 24.2 Å². The summed E-state index contributed by atoms with van der Waals surface area (Å²) >= 11 is 0. The first-order valence-corrected chi connectivity index (χ1v) is 9.63. The molecule has 2 aromatic rings. The van der Waals surface area contributed by atoms with E-state index in [0.29, 0.717) is 37.1 Å². The van der Waals surface area contributed by atoms with Gasteiger partial charge in [-0.15, -0.1) is 0 Å². The van der Waals surface area contributed by atoms with Crippen molar-refractivity contribution in [2.75, 3.05) is 12.2 Å². The van der Waals surface area contributed by atoms with Crippen molar-refractivity contribution in [1.82, 2.24) is 9.97 Å². The lowest BCUT2D eigenvalue weighted by Gasteiger charge is -2.30. The number of nitrogens with zero attached hydrogens (tertiary/aromatic N) is 3. The van der Waals surface area contributed by atoms with Crippen molar-refractivity contribution in [1.29, 1.82) is 0 Å². The quantitative estimate of drug-likeness (QED) is 0.749. The number of carbonyl (C=O) groups excluding carboxylic acids is 2. The van der Waals surface area contributed by atoms with E-state index in [1.54, 1.807) is 24.5 Å². The SMILES string of the molecule is CON(C(=O)C1CCC(C(N)=O)CC1)c1ccc(Oc2ncc(C)cn2)c(C)c1. The Morgan fingerprint density at radius 1 is 1.07 bits per heavy atom. The van der Waals surface area contributed by atoms with Crippen LogP contribution in [0, 0.1) is 25.7 Å². The van der Waals surface area contributed by atoms with Crippen LogP contribution in [0.5, 0.6) is 11.8 Å². The van der Waals surface area contributed by atoms with Gasteiger partial charge in [0.2, 0.25) is 5.91 Å². The number of amides is 2. The van der Waals surface area contributed by atoms with Crippen LogP contribution in [0.15, 0.2) is 30.6 Å². The monoisotopic (exact) mass is 398 g/mol. The van der Waals surface area contributed by atoms with Gasteiger partial charge in [-0.2, -0.15) is 5.06 Å². The Labute approximate surface area is 170 Å². The molecule has 0 saturated heterocycles. The highest BCUT2D eigenvalue weighted by atomic mass is 16.7. The maximum absolute atomic E-state index is 13.0. The van der Waals surface area contributed by atoms with Crippen LogP contribution in [0.2, 0.25) is 0 Å². The summed E-state index contributed by atoms with van der Waals surface area (Å²) in [4.78, 5) is 38.0. The standard InChI is InChI=1S/C21H26N4O4/c1-13-11-23-21(24-12-13)29-18-9-8-17(10-14(18)2)25(28-3)20(27)16-6-4-15(5-7-16)19(22)26/h8-12,15-16H,4-7H2,1-3H3,(H2,22,26). The second-order valence-corrected chi connectivity index (χ2v) is 7.36. The molecule has 154 valence electrons. The van der Waals surface area contributed by atoms with Gasteiger partial charge in [-0.05, 0) is 68.9 Å². The number of anilines is 1. The highest BCUT2D eigenvalue weighted by Crippen LogP contribution is 2.33. The van der Waals surface area contributed by atoms with Gasteiger partial charge in [0.1, 0.15) is 5.75 Å². The van der Waals surface area contributed by atoms with Crippen LogP contribution in [-0.2, 0) is 14.4 Å². The number of hydrogen-bond donors (Lipinski definition) is 1. The number of carbonyl (C=O) groups is 2. The van der Waals surface area contributed by atoms with E-state index in [0.717, 1.165) is 11.1 Å². The van der Waals surface area contributed by atoms with Gasteiger partial charge in [0.15, 0.2) is 0 Å². The Morgan fingerprint density at radius 3 is 2.24 bits per heavy atom. The molecule has 0 bridgehead atoms. The molecule has 0 atom stereocenters. The minimum atomic E-state index is -0.289. The van der Waals surface area contributed by atoms with Gasteiger partial charge in [0.05, 0.1) is 12.8 Å². The number of benzene rings is 1. The number of aryl methyl sites for hydroxylation is 2. The summed E-state index contributed by atoms with van der Waals surface area (Å²) < 4.78 is 5.73. The molecule has 2 N–H and O–H groups in total. The predicted octanol–water partition coefficient (Wildman–Crippen LogP) is 3.07. The fourth-order valence-corrected chi connectivity index (χ4v) is 3.52. The van der Waals surface area contributed by atoms with E-state index in [4.69, 9.17) is 15.3 Å². The average molecular weight is 398 g/mol. The molecule has 0 unspecified atom stereocenters. The second-order valence-electron chi connectivity index (χ2n) is 7.36. The molecule has 1 aromatic carbocycles. The Bertz CT molecular complexity index is 877. The van der Waals surface area contributed by atoms with E-state index in [-0.39, 0.29) is 29.7 Å². The van der Waals surface area contributed by atoms with Crippen LogP contribution in [0.1, 0.15) is 36.8 Å². The number of hydrogen-bond acceptors (Lipinski definition) is 6. The molecule has 29 heavy (non-hydrogen) atoms. The molecule has 1 fully saturated rings. The summed E-state index contributed by atoms with van der Waals surface area (Å²) in [6, 6.07) is 5.60. The van der Waals surface area contributed by atoms with Gasteiger partial charge in [-0.3, -0.25) is 14.4 Å². The lowest BCUT2D eigenvalue weighted by molar-refractivity contribution is -0.132. The second kappa shape index (κ2) is 9.00. The van der Waals surface area contributed by atoms with Crippen LogP contribution in [0.25, 0.3) is 0 Å². The maximum atomic E-state index is 13.0. The highest BCUT2D eigenvalue weighted by Gasteiger charge is 2.32. The van der Waals surface area contributed by atoms with Crippen molar-refractivity contribution < 1.29 is 19.2 Å². The Morgan fingerprint density at radius 2 is 1.69 bits per heavy atom. The largest absolute Gasteiger partial charge is 0.424 e. The molecular formula is C21H26N4O4. The third kappa shape index (κ3) is 4.89. The average Bonchev–Trinajstić information content (AvgIpc) is 2.72. The van der Waals surface area contributed by atoms with Gasteiger partial charge >= 0.3 is 6.01 Å². The Balaban J connectivity index is 1.71. The summed E-state index contributed by atoms with van der Waals surface area (Å²) in [6.45, 7) is 3.78. The van der Waals surface area contributed by atoms with Gasteiger partial charge in [-0.25, -0.2) is 9.97 Å². The molecule has 1 saturated carbocycles. The molecule has 0 radical (unpaired) electrons. The molecule has 3 rings (SSSR count). The normalized spacial score (nSPS) is 18.9. The summed E-state index contributed by atoms with van der Waals surface area (Å²) in [6.07, 6.45) is 5.88. The van der Waals surface area contributed by atoms with Gasteiger partial charge < -0.3 is 10.5 Å². The molecule has 0 aliphatic heterocycles. The Hall–Kier alpha value is -3.00. The smallest absolute Gasteiger partial charge is 0.321 e. The summed E-state index contributed by atoms with van der Waals surface area (Å²) in [5.41, 5.74) is 7.76. The third-order valence-corrected chi connectivity index (χ3v) is 5.21. The molecule has 1 heterocycles. The number of primary amides is 1. The number of aromatic nitrogens is 2. The van der Waals surface area contributed by atoms with Crippen molar-refractivity contribution in [2.45, 2.75) is 39.5 Å². The zero-order valence-electron chi connectivity index (χ0n) is 16.9. The van der Waals surface area contributed by atoms with Crippen molar-refractivity contribution in [2.24, 2.45) is 17.6 Å². The van der Waals surface area contributed by atoms with E-state index in [2.05, 4.69) is 9.97 Å². The molecule has 0 spiro atoms. The molecular weight excluding hydrogens is 372 g/mol. The first-order valence-electron chi connectivity index (χ1n) is 9.63. The molecule has 1 aliphatic rings. The van der Waals surface area contributed by atoms with Gasteiger partial charge in [-0.1, -0.05) is 0 Å². The molecule has 8 nitrogen and oxygen atoms in total. The lowest BCUT2D eigenvalue weighted by Crippen LogP contribution is -2.38. The van der Waals surface area contributed by atoms with Crippen molar-refractivity contribution >= 4 is 17.5 Å².